The van der Waals surface area contributed by atoms with E-state index in [2.05, 4.69) is 31.4 Å². The Morgan fingerprint density at radius 1 is 1.25 bits per heavy atom. The van der Waals surface area contributed by atoms with Gasteiger partial charge in [-0.25, -0.2) is 0 Å². The first-order valence-corrected chi connectivity index (χ1v) is 10.0. The monoisotopic (exact) mass is 460 g/mol. The topological polar surface area (TPSA) is 71.9 Å². The number of H-pyrrole nitrogens is 1. The van der Waals surface area contributed by atoms with Crippen molar-refractivity contribution < 1.29 is 9.53 Å². The highest BCUT2D eigenvalue weighted by Crippen LogP contribution is 2.21. The van der Waals surface area contributed by atoms with E-state index < -0.39 is 0 Å². The van der Waals surface area contributed by atoms with Gasteiger partial charge in [-0.05, 0) is 61.1 Å². The zero-order valence-corrected chi connectivity index (χ0v) is 18.0. The largest absolute Gasteiger partial charge is 0.497 e. The van der Waals surface area contributed by atoms with Crippen molar-refractivity contribution in [3.63, 3.8) is 0 Å². The second-order valence-corrected chi connectivity index (χ2v) is 7.63. The van der Waals surface area contributed by atoms with Gasteiger partial charge in [-0.2, -0.15) is 5.10 Å². The number of aromatic amines is 1. The highest BCUT2D eigenvalue weighted by Gasteiger charge is 2.13. The minimum Gasteiger partial charge on any atom is -0.497 e. The molecule has 1 heterocycles. The van der Waals surface area contributed by atoms with Gasteiger partial charge in [0.2, 0.25) is 5.91 Å². The average Bonchev–Trinajstić information content (AvgIpc) is 3.07. The van der Waals surface area contributed by atoms with Gasteiger partial charge in [-0.15, -0.1) is 0 Å². The summed E-state index contributed by atoms with van der Waals surface area (Å²) in [5, 5.41) is 10.1. The molecule has 0 radical (unpaired) electrons. The van der Waals surface area contributed by atoms with Crippen LogP contribution in [0.2, 0.25) is 0 Å². The molecular formula is C20H21BrN4O2S. The lowest BCUT2D eigenvalue weighted by Gasteiger charge is -2.15. The fourth-order valence-electron chi connectivity index (χ4n) is 2.85. The maximum absolute atomic E-state index is 12.4. The molecule has 2 N–H and O–H groups in total. The molecule has 3 aromatic rings. The number of carbonyl (C=O) groups is 1. The van der Waals surface area contributed by atoms with Gasteiger partial charge in [-0.1, -0.05) is 28.1 Å². The van der Waals surface area contributed by atoms with Gasteiger partial charge in [0.05, 0.1) is 13.2 Å². The van der Waals surface area contributed by atoms with Crippen LogP contribution in [0, 0.1) is 4.77 Å². The van der Waals surface area contributed by atoms with Gasteiger partial charge in [0.25, 0.3) is 0 Å². The summed E-state index contributed by atoms with van der Waals surface area (Å²) in [4.78, 5) is 12.4. The normalized spacial score (nSPS) is 11.8. The maximum Gasteiger partial charge on any atom is 0.222 e. The highest BCUT2D eigenvalue weighted by atomic mass is 79.9. The van der Waals surface area contributed by atoms with Gasteiger partial charge in [0, 0.05) is 23.0 Å². The predicted octanol–water partition coefficient (Wildman–Crippen LogP) is 4.65. The Hall–Kier alpha value is -2.45. The number of halogens is 1. The van der Waals surface area contributed by atoms with Crippen molar-refractivity contribution in [3.8, 4) is 17.1 Å². The first-order valence-electron chi connectivity index (χ1n) is 8.82. The summed E-state index contributed by atoms with van der Waals surface area (Å²) in [6, 6.07) is 15.4. The summed E-state index contributed by atoms with van der Waals surface area (Å²) >= 11 is 8.75. The molecule has 1 aromatic heterocycles. The molecule has 6 nitrogen and oxygen atoms in total. The summed E-state index contributed by atoms with van der Waals surface area (Å²) in [5.41, 5.74) is 1.95. The van der Waals surface area contributed by atoms with Gasteiger partial charge in [0.1, 0.15) is 5.75 Å². The number of amides is 1. The van der Waals surface area contributed by atoms with Crippen LogP contribution in [0.1, 0.15) is 24.9 Å². The number of carbonyl (C=O) groups excluding carboxylic acids is 1. The Morgan fingerprint density at radius 2 is 1.93 bits per heavy atom. The number of methoxy groups -OCH3 is 1. The van der Waals surface area contributed by atoms with E-state index in [-0.39, 0.29) is 11.9 Å². The average molecular weight is 461 g/mol. The third-order valence-electron chi connectivity index (χ3n) is 4.42. The number of hydrogen-bond acceptors (Lipinski definition) is 4. The molecule has 2 aromatic carbocycles. The standard InChI is InChI=1S/C20H21BrN4O2S/c1-13(14-3-7-16(21)8-4-14)22-18(26)11-12-25-19(23-24-20(25)28)15-5-9-17(27-2)10-6-15/h3-10,13H,11-12H2,1-2H3,(H,22,26)(H,24,28). The third kappa shape index (κ3) is 4.88. The van der Waals surface area contributed by atoms with E-state index in [0.29, 0.717) is 23.6 Å². The number of rotatable bonds is 7. The van der Waals surface area contributed by atoms with Crippen molar-refractivity contribution in [1.82, 2.24) is 20.1 Å². The van der Waals surface area contributed by atoms with Crippen molar-refractivity contribution in [1.29, 1.82) is 0 Å². The molecule has 1 unspecified atom stereocenters. The predicted molar refractivity (Wildman–Crippen MR) is 115 cm³/mol. The molecule has 0 saturated heterocycles. The fraction of sp³-hybridized carbons (Fsp3) is 0.250. The molecule has 0 saturated carbocycles. The van der Waals surface area contributed by atoms with Gasteiger partial charge < -0.3 is 10.1 Å². The molecule has 8 heteroatoms. The van der Waals surface area contributed by atoms with Crippen LogP contribution >= 0.6 is 28.1 Å². The smallest absolute Gasteiger partial charge is 0.222 e. The van der Waals surface area contributed by atoms with Crippen LogP contribution in [0.5, 0.6) is 5.75 Å². The second-order valence-electron chi connectivity index (χ2n) is 6.32. The van der Waals surface area contributed by atoms with E-state index in [4.69, 9.17) is 17.0 Å². The number of benzene rings is 2. The minimum absolute atomic E-state index is 0.0424. The summed E-state index contributed by atoms with van der Waals surface area (Å²) in [6.07, 6.45) is 0.303. The molecule has 0 aliphatic rings. The summed E-state index contributed by atoms with van der Waals surface area (Å²) in [5.74, 6) is 1.42. The summed E-state index contributed by atoms with van der Waals surface area (Å²) < 4.78 is 8.52. The molecule has 0 aliphatic heterocycles. The maximum atomic E-state index is 12.4. The molecular weight excluding hydrogens is 440 g/mol. The van der Waals surface area contributed by atoms with Crippen LogP contribution in [-0.4, -0.2) is 27.8 Å². The van der Waals surface area contributed by atoms with Crippen LogP contribution in [0.25, 0.3) is 11.4 Å². The Bertz CT molecular complexity index is 996. The van der Waals surface area contributed by atoms with Gasteiger partial charge in [0.15, 0.2) is 10.6 Å². The second kappa shape index (κ2) is 9.16. The molecule has 0 aliphatic carbocycles. The van der Waals surface area contributed by atoms with E-state index >= 15 is 0 Å². The van der Waals surface area contributed by atoms with Crippen molar-refractivity contribution in [3.05, 3.63) is 63.3 Å². The number of nitrogens with zero attached hydrogens (tertiary/aromatic N) is 2. The van der Waals surface area contributed by atoms with E-state index in [9.17, 15) is 4.79 Å². The van der Waals surface area contributed by atoms with E-state index in [1.807, 2.05) is 60.0 Å². The first kappa shape index (κ1) is 20.3. The van der Waals surface area contributed by atoms with E-state index in [1.54, 1.807) is 7.11 Å². The van der Waals surface area contributed by atoms with Crippen molar-refractivity contribution in [2.24, 2.45) is 0 Å². The Kier molecular flexibility index (Phi) is 6.64. The van der Waals surface area contributed by atoms with Crippen molar-refractivity contribution in [2.45, 2.75) is 25.9 Å². The third-order valence-corrected chi connectivity index (χ3v) is 5.26. The van der Waals surface area contributed by atoms with Crippen LogP contribution in [-0.2, 0) is 11.3 Å². The van der Waals surface area contributed by atoms with Gasteiger partial charge in [-0.3, -0.25) is 14.5 Å². The lowest BCUT2D eigenvalue weighted by Crippen LogP contribution is -2.27. The summed E-state index contributed by atoms with van der Waals surface area (Å²) in [6.45, 7) is 2.41. The molecule has 1 atom stereocenters. The Labute approximate surface area is 177 Å². The van der Waals surface area contributed by atoms with Crippen LogP contribution in [0.3, 0.4) is 0 Å². The molecule has 1 amide bonds. The van der Waals surface area contributed by atoms with E-state index in [0.717, 1.165) is 21.3 Å². The minimum atomic E-state index is -0.0704. The van der Waals surface area contributed by atoms with Crippen LogP contribution in [0.15, 0.2) is 53.0 Å². The van der Waals surface area contributed by atoms with Crippen molar-refractivity contribution in [2.75, 3.05) is 7.11 Å². The molecule has 3 rings (SSSR count). The summed E-state index contributed by atoms with van der Waals surface area (Å²) in [7, 11) is 1.62. The number of hydrogen-bond donors (Lipinski definition) is 2. The number of ether oxygens (including phenoxy) is 1. The first-order chi connectivity index (χ1) is 13.5. The zero-order chi connectivity index (χ0) is 20.1. The Balaban J connectivity index is 1.65. The Morgan fingerprint density at radius 3 is 2.57 bits per heavy atom. The lowest BCUT2D eigenvalue weighted by atomic mass is 10.1. The van der Waals surface area contributed by atoms with Crippen molar-refractivity contribution >= 4 is 34.1 Å². The van der Waals surface area contributed by atoms with Crippen LogP contribution < -0.4 is 10.1 Å². The number of aromatic nitrogens is 3. The van der Waals surface area contributed by atoms with E-state index in [1.165, 1.54) is 0 Å². The SMILES string of the molecule is COc1ccc(-c2n[nH]c(=S)n2CCC(=O)NC(C)c2ccc(Br)cc2)cc1. The fourth-order valence-corrected chi connectivity index (χ4v) is 3.34. The van der Waals surface area contributed by atoms with Crippen LogP contribution in [0.4, 0.5) is 0 Å². The highest BCUT2D eigenvalue weighted by molar-refractivity contribution is 9.10. The lowest BCUT2D eigenvalue weighted by molar-refractivity contribution is -0.121. The van der Waals surface area contributed by atoms with Gasteiger partial charge >= 0.3 is 0 Å². The number of nitrogens with one attached hydrogen (secondary N) is 2. The molecule has 0 spiro atoms. The quantitative estimate of drug-likeness (QED) is 0.503. The zero-order valence-electron chi connectivity index (χ0n) is 15.6. The molecule has 146 valence electrons. The molecule has 0 fully saturated rings. The molecule has 28 heavy (non-hydrogen) atoms. The molecule has 0 bridgehead atoms.